The van der Waals surface area contributed by atoms with Crippen molar-refractivity contribution in [3.05, 3.63) is 22.7 Å². The van der Waals surface area contributed by atoms with Crippen molar-refractivity contribution in [2.75, 3.05) is 12.8 Å². The lowest BCUT2D eigenvalue weighted by Crippen LogP contribution is -2.38. The molecular weight excluding hydrogens is 334 g/mol. The van der Waals surface area contributed by atoms with E-state index < -0.39 is 20.2 Å². The minimum Gasteiger partial charge on any atom is -0.399 e. The second kappa shape index (κ2) is 4.90. The molecule has 0 fully saturated rings. The minimum atomic E-state index is -4.18. The van der Waals surface area contributed by atoms with E-state index in [2.05, 4.69) is 15.9 Å². The van der Waals surface area contributed by atoms with E-state index in [4.69, 9.17) is 5.73 Å². The standard InChI is InChI=1S/C7H10BrN3O4S2/c1-10-17(14,15)11-16(12,13)7-3-2-5(9)4-6(7)8/h2-4,10-11H,9H2,1H3. The zero-order valence-corrected chi connectivity index (χ0v) is 11.9. The number of halogens is 1. The molecule has 0 saturated carbocycles. The van der Waals surface area contributed by atoms with Crippen LogP contribution < -0.4 is 14.6 Å². The fourth-order valence-electron chi connectivity index (χ4n) is 0.966. The Kier molecular flexibility index (Phi) is 4.15. The van der Waals surface area contributed by atoms with Gasteiger partial charge in [0.2, 0.25) is 0 Å². The minimum absolute atomic E-state index is 0.177. The van der Waals surface area contributed by atoms with Crippen molar-refractivity contribution < 1.29 is 16.8 Å². The third-order valence-electron chi connectivity index (χ3n) is 1.73. The van der Waals surface area contributed by atoms with Gasteiger partial charge in [-0.05, 0) is 34.1 Å². The third-order valence-corrected chi connectivity index (χ3v) is 5.88. The van der Waals surface area contributed by atoms with Gasteiger partial charge in [-0.2, -0.15) is 8.42 Å². The van der Waals surface area contributed by atoms with E-state index in [1.807, 2.05) is 4.72 Å². The van der Waals surface area contributed by atoms with Gasteiger partial charge in [-0.15, -0.1) is 0 Å². The van der Waals surface area contributed by atoms with Gasteiger partial charge in [0.15, 0.2) is 0 Å². The average molecular weight is 344 g/mol. The highest BCUT2D eigenvalue weighted by atomic mass is 79.9. The number of nitrogens with one attached hydrogen (secondary N) is 2. The van der Waals surface area contributed by atoms with Gasteiger partial charge in [-0.3, -0.25) is 0 Å². The van der Waals surface area contributed by atoms with Crippen molar-refractivity contribution in [2.24, 2.45) is 0 Å². The van der Waals surface area contributed by atoms with Crippen LogP contribution in [0.2, 0.25) is 0 Å². The maximum Gasteiger partial charge on any atom is 0.290 e. The van der Waals surface area contributed by atoms with E-state index in [1.165, 1.54) is 22.3 Å². The first kappa shape index (κ1) is 14.4. The van der Waals surface area contributed by atoms with Gasteiger partial charge in [-0.25, -0.2) is 13.1 Å². The molecule has 0 bridgehead atoms. The number of hydrogen-bond donors (Lipinski definition) is 3. The van der Waals surface area contributed by atoms with Crippen molar-refractivity contribution in [3.8, 4) is 0 Å². The van der Waals surface area contributed by atoms with E-state index in [1.54, 1.807) is 0 Å². The molecule has 0 unspecified atom stereocenters. The molecule has 0 heterocycles. The Bertz CT molecular complexity index is 627. The first-order valence-electron chi connectivity index (χ1n) is 4.20. The van der Waals surface area contributed by atoms with E-state index in [0.717, 1.165) is 7.05 Å². The second-order valence-electron chi connectivity index (χ2n) is 2.98. The van der Waals surface area contributed by atoms with Crippen LogP contribution in [0, 0.1) is 0 Å². The molecule has 0 aliphatic rings. The van der Waals surface area contributed by atoms with Crippen molar-refractivity contribution in [1.82, 2.24) is 8.85 Å². The van der Waals surface area contributed by atoms with E-state index >= 15 is 0 Å². The number of nitrogen functional groups attached to an aromatic ring is 1. The SMILES string of the molecule is CNS(=O)(=O)NS(=O)(=O)c1ccc(N)cc1Br. The van der Waals surface area contributed by atoms with Crippen LogP contribution in [0.15, 0.2) is 27.6 Å². The maximum atomic E-state index is 11.7. The van der Waals surface area contributed by atoms with Crippen molar-refractivity contribution >= 4 is 41.8 Å². The summed E-state index contributed by atoms with van der Waals surface area (Å²) in [5, 5.41) is 0. The molecule has 0 atom stereocenters. The Labute approximate surface area is 108 Å². The lowest BCUT2D eigenvalue weighted by Gasteiger charge is -2.08. The molecule has 0 saturated heterocycles. The number of anilines is 1. The van der Waals surface area contributed by atoms with Gasteiger partial charge in [0.1, 0.15) is 0 Å². The molecule has 0 aromatic heterocycles. The Morgan fingerprint density at radius 3 is 2.29 bits per heavy atom. The molecule has 17 heavy (non-hydrogen) atoms. The average Bonchev–Trinajstić information content (AvgIpc) is 2.15. The van der Waals surface area contributed by atoms with Crippen LogP contribution in [-0.4, -0.2) is 23.9 Å². The Morgan fingerprint density at radius 2 is 1.82 bits per heavy atom. The molecule has 10 heteroatoms. The normalized spacial score (nSPS) is 12.6. The highest BCUT2D eigenvalue weighted by molar-refractivity contribution is 9.10. The molecule has 0 aliphatic heterocycles. The zero-order valence-electron chi connectivity index (χ0n) is 8.64. The summed E-state index contributed by atoms with van der Waals surface area (Å²) >= 11 is 3.00. The van der Waals surface area contributed by atoms with Crippen LogP contribution in [0.1, 0.15) is 0 Å². The number of sulfonamides is 1. The molecule has 0 radical (unpaired) electrons. The maximum absolute atomic E-state index is 11.7. The van der Waals surface area contributed by atoms with Crippen molar-refractivity contribution in [3.63, 3.8) is 0 Å². The summed E-state index contributed by atoms with van der Waals surface area (Å²) in [6, 6.07) is 3.92. The Balaban J connectivity index is 3.24. The molecule has 0 spiro atoms. The van der Waals surface area contributed by atoms with Gasteiger partial charge < -0.3 is 5.73 Å². The Morgan fingerprint density at radius 1 is 1.24 bits per heavy atom. The number of hydrogen-bond acceptors (Lipinski definition) is 5. The summed E-state index contributed by atoms with van der Waals surface area (Å²) in [6.45, 7) is 0. The first-order chi connectivity index (χ1) is 7.68. The number of rotatable bonds is 4. The zero-order chi connectivity index (χ0) is 13.3. The van der Waals surface area contributed by atoms with Gasteiger partial charge in [0, 0.05) is 17.2 Å². The summed E-state index contributed by atoms with van der Waals surface area (Å²) in [5.41, 5.74) is 5.80. The fourth-order valence-corrected chi connectivity index (χ4v) is 4.41. The molecule has 7 nitrogen and oxygen atoms in total. The van der Waals surface area contributed by atoms with Crippen LogP contribution >= 0.6 is 15.9 Å². The highest BCUT2D eigenvalue weighted by Crippen LogP contribution is 2.24. The quantitative estimate of drug-likeness (QED) is 0.652. The van der Waals surface area contributed by atoms with E-state index in [0.29, 0.717) is 5.69 Å². The van der Waals surface area contributed by atoms with Crippen molar-refractivity contribution in [1.29, 1.82) is 0 Å². The molecule has 1 rings (SSSR count). The van der Waals surface area contributed by atoms with Crippen molar-refractivity contribution in [2.45, 2.75) is 4.90 Å². The monoisotopic (exact) mass is 343 g/mol. The summed E-state index contributed by atoms with van der Waals surface area (Å²) in [7, 11) is -7.18. The van der Waals surface area contributed by atoms with E-state index in [9.17, 15) is 16.8 Å². The van der Waals surface area contributed by atoms with Crippen LogP contribution in [0.4, 0.5) is 5.69 Å². The molecule has 0 amide bonds. The summed E-state index contributed by atoms with van der Waals surface area (Å²) in [5.74, 6) is 0. The second-order valence-corrected chi connectivity index (χ2v) is 7.37. The number of benzene rings is 1. The molecule has 0 aliphatic carbocycles. The fraction of sp³-hybridized carbons (Fsp3) is 0.143. The van der Waals surface area contributed by atoms with Crippen LogP contribution in [-0.2, 0) is 20.2 Å². The predicted molar refractivity (Wildman–Crippen MR) is 66.9 cm³/mol. The van der Waals surface area contributed by atoms with Gasteiger partial charge in [-0.1, -0.05) is 4.13 Å². The van der Waals surface area contributed by atoms with Gasteiger partial charge in [0.05, 0.1) is 4.90 Å². The lowest BCUT2D eigenvalue weighted by molar-refractivity contribution is 0.571. The number of nitrogens with two attached hydrogens (primary N) is 1. The van der Waals surface area contributed by atoms with Crippen LogP contribution in [0.5, 0.6) is 0 Å². The summed E-state index contributed by atoms with van der Waals surface area (Å²) in [4.78, 5) is -0.217. The lowest BCUT2D eigenvalue weighted by atomic mass is 10.3. The largest absolute Gasteiger partial charge is 0.399 e. The van der Waals surface area contributed by atoms with Crippen LogP contribution in [0.3, 0.4) is 0 Å². The molecular formula is C7H10BrN3O4S2. The first-order valence-corrected chi connectivity index (χ1v) is 7.96. The van der Waals surface area contributed by atoms with Gasteiger partial charge in [0.25, 0.3) is 20.2 Å². The highest BCUT2D eigenvalue weighted by Gasteiger charge is 2.23. The third kappa shape index (κ3) is 3.64. The Hall–Kier alpha value is -0.680. The summed E-state index contributed by atoms with van der Waals surface area (Å²) in [6.07, 6.45) is 0. The topological polar surface area (TPSA) is 118 Å². The molecule has 96 valence electrons. The predicted octanol–water partition coefficient (Wildman–Crippen LogP) is -0.226. The van der Waals surface area contributed by atoms with Gasteiger partial charge >= 0.3 is 0 Å². The van der Waals surface area contributed by atoms with E-state index in [-0.39, 0.29) is 9.37 Å². The molecule has 1 aromatic rings. The smallest absolute Gasteiger partial charge is 0.290 e. The summed E-state index contributed by atoms with van der Waals surface area (Å²) < 4.78 is 49.3. The molecule has 4 N–H and O–H groups in total. The van der Waals surface area contributed by atoms with Crippen LogP contribution in [0.25, 0.3) is 0 Å². The molecule has 1 aromatic carbocycles.